The number of hydrogen-bond acceptors (Lipinski definition) is 5. The fourth-order valence-corrected chi connectivity index (χ4v) is 2.63. The zero-order chi connectivity index (χ0) is 14.8. The highest BCUT2D eigenvalue weighted by Gasteiger charge is 2.24. The van der Waals surface area contributed by atoms with Crippen LogP contribution in [0.1, 0.15) is 16.7 Å². The molecule has 2 aromatic rings. The first-order valence-electron chi connectivity index (χ1n) is 6.93. The lowest BCUT2D eigenvalue weighted by atomic mass is 10.1. The second-order valence-corrected chi connectivity index (χ2v) is 5.10. The van der Waals surface area contributed by atoms with Gasteiger partial charge in [-0.15, -0.1) is 0 Å². The summed E-state index contributed by atoms with van der Waals surface area (Å²) in [6.45, 7) is 4.26. The number of nitrogens with one attached hydrogen (secondary N) is 1. The summed E-state index contributed by atoms with van der Waals surface area (Å²) >= 11 is 0. The maximum absolute atomic E-state index is 11.7. The number of ether oxygens (including phenoxy) is 1. The van der Waals surface area contributed by atoms with E-state index >= 15 is 0 Å². The Morgan fingerprint density at radius 3 is 3.10 bits per heavy atom. The number of benzene rings is 1. The second kappa shape index (κ2) is 5.57. The summed E-state index contributed by atoms with van der Waals surface area (Å²) in [6, 6.07) is 6.03. The summed E-state index contributed by atoms with van der Waals surface area (Å²) in [6.07, 6.45) is 1.70. The molecule has 0 saturated heterocycles. The number of fused-ring (bicyclic) bond motifs is 1. The molecule has 0 saturated carbocycles. The molecule has 21 heavy (non-hydrogen) atoms. The van der Waals surface area contributed by atoms with Crippen LogP contribution in [0, 0.1) is 6.92 Å². The van der Waals surface area contributed by atoms with Crippen molar-refractivity contribution >= 4 is 5.69 Å². The number of nitrogens with zero attached hydrogens (tertiary/aromatic N) is 2. The smallest absolute Gasteiger partial charge is 0.269 e. The normalized spacial score (nSPS) is 13.3. The minimum absolute atomic E-state index is 0.150. The molecule has 0 aliphatic carbocycles. The molecule has 0 spiro atoms. The molecular formula is C15H18N4O2. The zero-order valence-electron chi connectivity index (χ0n) is 11.9. The summed E-state index contributed by atoms with van der Waals surface area (Å²) in [5.74, 6) is 0.871. The van der Waals surface area contributed by atoms with Gasteiger partial charge in [-0.05, 0) is 18.6 Å². The van der Waals surface area contributed by atoms with Crippen molar-refractivity contribution in [1.29, 1.82) is 0 Å². The Hall–Kier alpha value is -2.34. The Morgan fingerprint density at radius 2 is 2.29 bits per heavy atom. The third kappa shape index (κ3) is 2.50. The van der Waals surface area contributed by atoms with Crippen molar-refractivity contribution in [1.82, 2.24) is 10.2 Å². The molecule has 110 valence electrons. The summed E-state index contributed by atoms with van der Waals surface area (Å²) in [4.78, 5) is 13.8. The van der Waals surface area contributed by atoms with E-state index < -0.39 is 0 Å². The number of anilines is 1. The molecule has 6 heteroatoms. The van der Waals surface area contributed by atoms with Crippen molar-refractivity contribution in [2.24, 2.45) is 5.73 Å². The highest BCUT2D eigenvalue weighted by Crippen LogP contribution is 2.34. The van der Waals surface area contributed by atoms with Crippen molar-refractivity contribution in [2.45, 2.75) is 20.0 Å². The highest BCUT2D eigenvalue weighted by molar-refractivity contribution is 5.57. The van der Waals surface area contributed by atoms with E-state index in [-0.39, 0.29) is 5.56 Å². The van der Waals surface area contributed by atoms with Crippen molar-refractivity contribution in [3.05, 3.63) is 51.4 Å². The summed E-state index contributed by atoms with van der Waals surface area (Å²) in [7, 11) is 0. The van der Waals surface area contributed by atoms with E-state index in [4.69, 9.17) is 10.5 Å². The summed E-state index contributed by atoms with van der Waals surface area (Å²) in [5, 5.41) is 6.35. The molecule has 0 amide bonds. The lowest BCUT2D eigenvalue weighted by Gasteiger charge is -2.18. The molecule has 6 nitrogen and oxygen atoms in total. The Labute approximate surface area is 122 Å². The Balaban J connectivity index is 1.91. The maximum Gasteiger partial charge on any atom is 0.269 e. The van der Waals surface area contributed by atoms with Crippen LogP contribution in [-0.4, -0.2) is 23.3 Å². The molecule has 0 fully saturated rings. The third-order valence-electron chi connectivity index (χ3n) is 3.73. The van der Waals surface area contributed by atoms with E-state index in [0.717, 1.165) is 23.5 Å². The van der Waals surface area contributed by atoms with Crippen molar-refractivity contribution in [2.75, 3.05) is 18.1 Å². The monoisotopic (exact) mass is 286 g/mol. The van der Waals surface area contributed by atoms with Gasteiger partial charge >= 0.3 is 0 Å². The molecule has 1 aromatic carbocycles. The van der Waals surface area contributed by atoms with Crippen LogP contribution >= 0.6 is 0 Å². The molecule has 0 atom stereocenters. The minimum atomic E-state index is -0.150. The molecule has 3 rings (SSSR count). The van der Waals surface area contributed by atoms with Crippen LogP contribution in [0.25, 0.3) is 0 Å². The summed E-state index contributed by atoms with van der Waals surface area (Å²) < 4.78 is 5.70. The molecule has 2 heterocycles. The Morgan fingerprint density at radius 1 is 1.43 bits per heavy atom. The van der Waals surface area contributed by atoms with Crippen LogP contribution in [0.2, 0.25) is 0 Å². The van der Waals surface area contributed by atoms with Crippen LogP contribution in [0.15, 0.2) is 29.2 Å². The topological polar surface area (TPSA) is 84.2 Å². The van der Waals surface area contributed by atoms with Crippen LogP contribution in [-0.2, 0) is 13.1 Å². The van der Waals surface area contributed by atoms with Gasteiger partial charge in [0.2, 0.25) is 0 Å². The fourth-order valence-electron chi connectivity index (χ4n) is 2.63. The zero-order valence-corrected chi connectivity index (χ0v) is 11.9. The van der Waals surface area contributed by atoms with Crippen LogP contribution < -0.4 is 20.9 Å². The highest BCUT2D eigenvalue weighted by atomic mass is 16.5. The maximum atomic E-state index is 11.7. The Kier molecular flexibility index (Phi) is 3.62. The first kappa shape index (κ1) is 13.6. The average molecular weight is 286 g/mol. The second-order valence-electron chi connectivity index (χ2n) is 5.10. The van der Waals surface area contributed by atoms with Gasteiger partial charge in [0.05, 0.1) is 11.9 Å². The number of rotatable bonds is 4. The van der Waals surface area contributed by atoms with Gasteiger partial charge < -0.3 is 15.4 Å². The molecule has 0 radical (unpaired) electrons. The lowest BCUT2D eigenvalue weighted by molar-refractivity contribution is 0.325. The number of aromatic nitrogens is 2. The van der Waals surface area contributed by atoms with Crippen molar-refractivity contribution in [3.8, 4) is 5.75 Å². The molecule has 3 N–H and O–H groups in total. The number of nitrogens with two attached hydrogens (primary N) is 1. The average Bonchev–Trinajstić information content (AvgIpc) is 2.92. The quantitative estimate of drug-likeness (QED) is 0.873. The molecular weight excluding hydrogens is 268 g/mol. The van der Waals surface area contributed by atoms with Crippen molar-refractivity contribution < 1.29 is 4.74 Å². The van der Waals surface area contributed by atoms with Gasteiger partial charge in [-0.3, -0.25) is 4.79 Å². The van der Waals surface area contributed by atoms with E-state index in [9.17, 15) is 4.79 Å². The van der Waals surface area contributed by atoms with Crippen LogP contribution in [0.4, 0.5) is 5.69 Å². The van der Waals surface area contributed by atoms with E-state index in [1.165, 1.54) is 5.56 Å². The van der Waals surface area contributed by atoms with Gasteiger partial charge in [0.25, 0.3) is 5.56 Å². The van der Waals surface area contributed by atoms with Gasteiger partial charge in [0.1, 0.15) is 12.4 Å². The fraction of sp³-hybridized carbons (Fsp3) is 0.333. The van der Waals surface area contributed by atoms with Crippen molar-refractivity contribution in [3.63, 3.8) is 0 Å². The molecule has 1 aromatic heterocycles. The predicted molar refractivity (Wildman–Crippen MR) is 80.5 cm³/mol. The van der Waals surface area contributed by atoms with Gasteiger partial charge in [-0.25, -0.2) is 5.10 Å². The van der Waals surface area contributed by atoms with E-state index in [0.29, 0.717) is 25.3 Å². The first-order valence-corrected chi connectivity index (χ1v) is 6.93. The first-order chi connectivity index (χ1) is 10.2. The minimum Gasteiger partial charge on any atom is -0.492 e. The van der Waals surface area contributed by atoms with E-state index in [2.05, 4.69) is 21.2 Å². The predicted octanol–water partition coefficient (Wildman–Crippen LogP) is 0.936. The standard InChI is InChI=1S/C15H18N4O2/c1-10-13(7-17-18-15(10)20)19-8-11-3-2-4-14(12(11)9-19)21-6-5-16/h2-4,7H,5-6,8-9,16H2,1H3,(H,18,20). The van der Waals surface area contributed by atoms with Gasteiger partial charge in [-0.2, -0.15) is 5.10 Å². The lowest BCUT2D eigenvalue weighted by Crippen LogP contribution is -2.21. The van der Waals surface area contributed by atoms with Crippen LogP contribution in [0.3, 0.4) is 0 Å². The Bertz CT molecular complexity index is 711. The molecule has 1 aliphatic rings. The SMILES string of the molecule is Cc1c(N2Cc3cccc(OCCN)c3C2)cn[nH]c1=O. The number of hydrogen-bond donors (Lipinski definition) is 2. The van der Waals surface area contributed by atoms with Gasteiger partial charge in [0, 0.05) is 30.8 Å². The third-order valence-corrected chi connectivity index (χ3v) is 3.73. The van der Waals surface area contributed by atoms with Crippen LogP contribution in [0.5, 0.6) is 5.75 Å². The van der Waals surface area contributed by atoms with Gasteiger partial charge in [-0.1, -0.05) is 12.1 Å². The molecule has 1 aliphatic heterocycles. The number of H-pyrrole nitrogens is 1. The largest absolute Gasteiger partial charge is 0.492 e. The van der Waals surface area contributed by atoms with E-state index in [1.807, 2.05) is 19.1 Å². The molecule has 0 unspecified atom stereocenters. The number of aromatic amines is 1. The van der Waals surface area contributed by atoms with E-state index in [1.54, 1.807) is 6.20 Å². The summed E-state index contributed by atoms with van der Waals surface area (Å²) in [5.41, 5.74) is 9.26. The van der Waals surface area contributed by atoms with Gasteiger partial charge in [0.15, 0.2) is 0 Å². The molecule has 0 bridgehead atoms.